The number of hydrogen-bond donors (Lipinski definition) is 3. The van der Waals surface area contributed by atoms with Crippen molar-refractivity contribution < 1.29 is 13.2 Å². The molecule has 1 amide bonds. The van der Waals surface area contributed by atoms with Crippen LogP contribution in [0.15, 0.2) is 29.3 Å². The van der Waals surface area contributed by atoms with Crippen molar-refractivity contribution in [3.05, 3.63) is 29.8 Å². The maximum Gasteiger partial charge on any atom is 0.221 e. The Morgan fingerprint density at radius 3 is 2.72 bits per heavy atom. The third kappa shape index (κ3) is 7.59. The monoisotopic (exact) mass is 480 g/mol. The first kappa shape index (κ1) is 21.7. The lowest BCUT2D eigenvalue weighted by atomic mass is 10.2. The Morgan fingerprint density at radius 1 is 1.36 bits per heavy atom. The number of hydrogen-bond acceptors (Lipinski definition) is 4. The predicted octanol–water partition coefficient (Wildman–Crippen LogP) is 1.51. The lowest BCUT2D eigenvalue weighted by Gasteiger charge is -2.15. The first-order chi connectivity index (χ1) is 11.4. The zero-order valence-electron chi connectivity index (χ0n) is 14.4. The lowest BCUT2D eigenvalue weighted by molar-refractivity contribution is -0.114. The summed E-state index contributed by atoms with van der Waals surface area (Å²) in [5, 5.41) is 9.05. The van der Waals surface area contributed by atoms with Crippen molar-refractivity contribution in [2.75, 3.05) is 23.4 Å². The van der Waals surface area contributed by atoms with Crippen LogP contribution in [-0.2, 0) is 21.2 Å². The second-order valence-electron chi connectivity index (χ2n) is 5.82. The summed E-state index contributed by atoms with van der Waals surface area (Å²) in [7, 11) is -2.93. The summed E-state index contributed by atoms with van der Waals surface area (Å²) in [4.78, 5) is 15.6. The van der Waals surface area contributed by atoms with Crippen molar-refractivity contribution in [2.24, 2.45) is 4.99 Å². The number of sulfone groups is 1. The molecule has 140 valence electrons. The van der Waals surface area contributed by atoms with Gasteiger partial charge in [0.15, 0.2) is 15.8 Å². The highest BCUT2D eigenvalue weighted by atomic mass is 127. The number of rotatable bonds is 5. The number of anilines is 1. The van der Waals surface area contributed by atoms with Gasteiger partial charge < -0.3 is 16.0 Å². The van der Waals surface area contributed by atoms with E-state index in [4.69, 9.17) is 0 Å². The van der Waals surface area contributed by atoms with Crippen LogP contribution >= 0.6 is 24.0 Å². The zero-order valence-corrected chi connectivity index (χ0v) is 17.6. The van der Waals surface area contributed by atoms with Crippen LogP contribution in [0.2, 0.25) is 0 Å². The van der Waals surface area contributed by atoms with Gasteiger partial charge in [-0.2, -0.15) is 0 Å². The largest absolute Gasteiger partial charge is 0.357 e. The molecular weight excluding hydrogens is 455 g/mol. The Kier molecular flexibility index (Phi) is 8.63. The van der Waals surface area contributed by atoms with Crippen LogP contribution in [0.3, 0.4) is 0 Å². The first-order valence-corrected chi connectivity index (χ1v) is 9.82. The number of nitrogens with zero attached hydrogens (tertiary/aromatic N) is 1. The van der Waals surface area contributed by atoms with Crippen LogP contribution in [-0.4, -0.2) is 44.4 Å². The number of amides is 1. The fourth-order valence-corrected chi connectivity index (χ4v) is 4.22. The quantitative estimate of drug-likeness (QED) is 0.337. The fraction of sp³-hybridized carbons (Fsp3) is 0.500. The maximum absolute atomic E-state index is 11.6. The van der Waals surface area contributed by atoms with Crippen molar-refractivity contribution in [1.29, 1.82) is 0 Å². The number of benzene rings is 1. The highest BCUT2D eigenvalue weighted by Crippen LogP contribution is 2.13. The van der Waals surface area contributed by atoms with Gasteiger partial charge in [0, 0.05) is 25.2 Å². The minimum atomic E-state index is -2.93. The van der Waals surface area contributed by atoms with Gasteiger partial charge in [-0.25, -0.2) is 13.4 Å². The van der Waals surface area contributed by atoms with E-state index in [1.54, 1.807) is 0 Å². The van der Waals surface area contributed by atoms with Gasteiger partial charge in [-0.05, 0) is 31.0 Å². The molecule has 1 saturated heterocycles. The molecule has 25 heavy (non-hydrogen) atoms. The molecule has 1 aromatic rings. The van der Waals surface area contributed by atoms with Gasteiger partial charge >= 0.3 is 0 Å². The van der Waals surface area contributed by atoms with Crippen LogP contribution in [0.4, 0.5) is 5.69 Å². The molecule has 0 bridgehead atoms. The summed E-state index contributed by atoms with van der Waals surface area (Å²) in [5.41, 5.74) is 1.69. The van der Waals surface area contributed by atoms with Gasteiger partial charge in [-0.1, -0.05) is 12.1 Å². The average Bonchev–Trinajstić information content (AvgIpc) is 2.84. The van der Waals surface area contributed by atoms with Gasteiger partial charge in [-0.3, -0.25) is 4.79 Å². The molecule has 9 heteroatoms. The molecule has 1 heterocycles. The van der Waals surface area contributed by atoms with E-state index >= 15 is 0 Å². The number of carbonyl (C=O) groups is 1. The molecule has 7 nitrogen and oxygen atoms in total. The summed E-state index contributed by atoms with van der Waals surface area (Å²) in [6, 6.07) is 7.38. The summed E-state index contributed by atoms with van der Waals surface area (Å²) in [5.74, 6) is 0.857. The van der Waals surface area contributed by atoms with E-state index < -0.39 is 9.84 Å². The van der Waals surface area contributed by atoms with E-state index in [-0.39, 0.29) is 47.4 Å². The molecule has 0 saturated carbocycles. The van der Waals surface area contributed by atoms with Crippen LogP contribution in [0.1, 0.15) is 25.8 Å². The SMILES string of the molecule is CCNC(=NCc1cccc(NC(C)=O)c1)NC1CCS(=O)(=O)C1.I. The Hall–Kier alpha value is -1.36. The molecule has 0 radical (unpaired) electrons. The van der Waals surface area contributed by atoms with Crippen LogP contribution in [0.25, 0.3) is 0 Å². The second-order valence-corrected chi connectivity index (χ2v) is 8.05. The minimum Gasteiger partial charge on any atom is -0.357 e. The minimum absolute atomic E-state index is 0. The van der Waals surface area contributed by atoms with Crippen molar-refractivity contribution in [1.82, 2.24) is 10.6 Å². The third-order valence-corrected chi connectivity index (χ3v) is 5.35. The summed E-state index contributed by atoms with van der Waals surface area (Å²) >= 11 is 0. The van der Waals surface area contributed by atoms with Crippen molar-refractivity contribution in [2.45, 2.75) is 32.9 Å². The number of nitrogens with one attached hydrogen (secondary N) is 3. The van der Waals surface area contributed by atoms with E-state index in [0.29, 0.717) is 25.5 Å². The molecule has 1 unspecified atom stereocenters. The number of carbonyl (C=O) groups excluding carboxylic acids is 1. The molecule has 1 aliphatic heterocycles. The first-order valence-electron chi connectivity index (χ1n) is 8.00. The number of guanidine groups is 1. The Bertz CT molecular complexity index is 722. The van der Waals surface area contributed by atoms with Crippen molar-refractivity contribution in [3.63, 3.8) is 0 Å². The van der Waals surface area contributed by atoms with E-state index in [2.05, 4.69) is 20.9 Å². The highest BCUT2D eigenvalue weighted by Gasteiger charge is 2.28. The molecular formula is C16H25IN4O3S. The van der Waals surface area contributed by atoms with Gasteiger partial charge in [0.05, 0.1) is 18.1 Å². The van der Waals surface area contributed by atoms with Crippen LogP contribution in [0.5, 0.6) is 0 Å². The Morgan fingerprint density at radius 2 is 2.12 bits per heavy atom. The lowest BCUT2D eigenvalue weighted by Crippen LogP contribution is -2.44. The predicted molar refractivity (Wildman–Crippen MR) is 111 cm³/mol. The molecule has 1 aromatic carbocycles. The van der Waals surface area contributed by atoms with E-state index in [1.165, 1.54) is 6.92 Å². The van der Waals surface area contributed by atoms with E-state index in [9.17, 15) is 13.2 Å². The Labute approximate surface area is 166 Å². The topological polar surface area (TPSA) is 99.7 Å². The summed E-state index contributed by atoms with van der Waals surface area (Å²) < 4.78 is 23.1. The van der Waals surface area contributed by atoms with Crippen molar-refractivity contribution in [3.8, 4) is 0 Å². The normalized spacial score (nSPS) is 19.0. The van der Waals surface area contributed by atoms with Crippen LogP contribution < -0.4 is 16.0 Å². The van der Waals surface area contributed by atoms with E-state index in [0.717, 1.165) is 11.3 Å². The highest BCUT2D eigenvalue weighted by molar-refractivity contribution is 14.0. The Balaban J connectivity index is 0.00000312. The molecule has 1 atom stereocenters. The standard InChI is InChI=1S/C16H24N4O3S.HI/c1-3-17-16(20-15-7-8-24(22,23)11-15)18-10-13-5-4-6-14(9-13)19-12(2)21;/h4-6,9,15H,3,7-8,10-11H2,1-2H3,(H,19,21)(H2,17,18,20);1H. The smallest absolute Gasteiger partial charge is 0.221 e. The summed E-state index contributed by atoms with van der Waals surface area (Å²) in [6.07, 6.45) is 0.602. The number of halogens is 1. The van der Waals surface area contributed by atoms with E-state index in [1.807, 2.05) is 31.2 Å². The van der Waals surface area contributed by atoms with Crippen molar-refractivity contribution >= 4 is 51.4 Å². The summed E-state index contributed by atoms with van der Waals surface area (Å²) in [6.45, 7) is 4.55. The molecule has 3 N–H and O–H groups in total. The van der Waals surface area contributed by atoms with Crippen LogP contribution in [0, 0.1) is 0 Å². The molecule has 0 spiro atoms. The number of aliphatic imine (C=N–C) groups is 1. The molecule has 0 aromatic heterocycles. The average molecular weight is 480 g/mol. The fourth-order valence-electron chi connectivity index (χ4n) is 2.54. The second kappa shape index (κ2) is 9.95. The van der Waals surface area contributed by atoms with Gasteiger partial charge in [-0.15, -0.1) is 24.0 Å². The third-order valence-electron chi connectivity index (χ3n) is 3.58. The molecule has 1 aliphatic rings. The van der Waals surface area contributed by atoms with Gasteiger partial charge in [0.2, 0.25) is 5.91 Å². The molecule has 1 fully saturated rings. The molecule has 0 aliphatic carbocycles. The van der Waals surface area contributed by atoms with Gasteiger partial charge in [0.25, 0.3) is 0 Å². The zero-order chi connectivity index (χ0) is 17.6. The maximum atomic E-state index is 11.6. The molecule has 2 rings (SSSR count). The van der Waals surface area contributed by atoms with Gasteiger partial charge in [0.1, 0.15) is 0 Å².